The molecule has 0 radical (unpaired) electrons. The Labute approximate surface area is 176 Å². The van der Waals surface area contributed by atoms with Crippen LogP contribution in [0.4, 0.5) is 0 Å². The molecular weight excluding hydrogens is 400 g/mol. The monoisotopic (exact) mass is 426 g/mol. The van der Waals surface area contributed by atoms with Crippen molar-refractivity contribution in [2.24, 2.45) is 0 Å². The van der Waals surface area contributed by atoms with E-state index < -0.39 is 10.0 Å². The maximum absolute atomic E-state index is 13.1. The molecule has 0 saturated carbocycles. The van der Waals surface area contributed by atoms with E-state index in [0.717, 1.165) is 36.1 Å². The zero-order valence-electron chi connectivity index (χ0n) is 17.0. The number of aromatic nitrogens is 2. The topological polar surface area (TPSA) is 84.3 Å². The number of imidazole rings is 1. The average molecular weight is 427 g/mol. The molecule has 0 aliphatic carbocycles. The van der Waals surface area contributed by atoms with Crippen molar-refractivity contribution in [2.75, 3.05) is 19.6 Å². The zero-order valence-corrected chi connectivity index (χ0v) is 17.9. The molecule has 30 heavy (non-hydrogen) atoms. The summed E-state index contributed by atoms with van der Waals surface area (Å²) in [7, 11) is -3.68. The Morgan fingerprint density at radius 2 is 1.73 bits per heavy atom. The molecule has 8 heteroatoms. The number of fused-ring (bicyclic) bond motifs is 1. The van der Waals surface area contributed by atoms with Gasteiger partial charge in [0.25, 0.3) is 5.91 Å². The molecule has 1 amide bonds. The van der Waals surface area contributed by atoms with Crippen molar-refractivity contribution in [3.63, 3.8) is 0 Å². The number of sulfonamides is 1. The predicted molar refractivity (Wildman–Crippen MR) is 116 cm³/mol. The first-order valence-electron chi connectivity index (χ1n) is 10.3. The highest BCUT2D eigenvalue weighted by Gasteiger charge is 2.29. The summed E-state index contributed by atoms with van der Waals surface area (Å²) < 4.78 is 29.7. The lowest BCUT2D eigenvalue weighted by Gasteiger charge is -2.26. The van der Waals surface area contributed by atoms with Crippen LogP contribution in [-0.4, -0.2) is 47.8 Å². The molecule has 2 aromatic carbocycles. The van der Waals surface area contributed by atoms with Crippen LogP contribution in [0, 0.1) is 6.92 Å². The van der Waals surface area contributed by atoms with Gasteiger partial charge in [-0.3, -0.25) is 4.79 Å². The molecule has 0 spiro atoms. The average Bonchev–Trinajstić information content (AvgIpc) is 3.09. The maximum atomic E-state index is 13.1. The Balaban J connectivity index is 1.50. The van der Waals surface area contributed by atoms with Crippen molar-refractivity contribution < 1.29 is 13.2 Å². The number of amides is 1. The summed E-state index contributed by atoms with van der Waals surface area (Å²) >= 11 is 0. The number of nitrogens with zero attached hydrogens (tertiary/aromatic N) is 3. The first kappa shape index (κ1) is 20.6. The number of carbonyl (C=O) groups excluding carboxylic acids is 1. The highest BCUT2D eigenvalue weighted by atomic mass is 32.2. The molecule has 1 saturated heterocycles. The van der Waals surface area contributed by atoms with Gasteiger partial charge in [-0.1, -0.05) is 30.7 Å². The number of piperidine rings is 1. The third-order valence-electron chi connectivity index (χ3n) is 5.53. The van der Waals surface area contributed by atoms with E-state index in [1.54, 1.807) is 18.2 Å². The second-order valence-corrected chi connectivity index (χ2v) is 9.42. The fourth-order valence-corrected chi connectivity index (χ4v) is 5.68. The van der Waals surface area contributed by atoms with Crippen LogP contribution in [-0.2, 0) is 16.6 Å². The maximum Gasteiger partial charge on any atom is 0.252 e. The number of para-hydroxylation sites is 2. The van der Waals surface area contributed by atoms with Crippen molar-refractivity contribution >= 4 is 27.0 Å². The van der Waals surface area contributed by atoms with E-state index in [9.17, 15) is 13.2 Å². The van der Waals surface area contributed by atoms with E-state index in [2.05, 4.69) is 10.3 Å². The van der Waals surface area contributed by atoms with Gasteiger partial charge in [-0.15, -0.1) is 0 Å². The molecule has 7 nitrogen and oxygen atoms in total. The molecule has 0 unspecified atom stereocenters. The second-order valence-electron chi connectivity index (χ2n) is 7.52. The van der Waals surface area contributed by atoms with Crippen LogP contribution < -0.4 is 5.32 Å². The quantitative estimate of drug-likeness (QED) is 0.657. The number of aryl methyl sites for hydroxylation is 1. The van der Waals surface area contributed by atoms with Gasteiger partial charge in [0.2, 0.25) is 10.0 Å². The van der Waals surface area contributed by atoms with Gasteiger partial charge in [-0.2, -0.15) is 4.31 Å². The summed E-state index contributed by atoms with van der Waals surface area (Å²) in [5, 5.41) is 2.87. The van der Waals surface area contributed by atoms with E-state index >= 15 is 0 Å². The van der Waals surface area contributed by atoms with Gasteiger partial charge in [0.15, 0.2) is 0 Å². The standard InChI is InChI=1S/C22H26N4O3S/c1-17-24-19-10-4-5-11-20(19)26(17)16-13-23-22(27)18-9-3-6-12-21(18)30(28,29)25-14-7-2-8-15-25/h3-6,9-12H,2,7-8,13-16H2,1H3,(H,23,27). The van der Waals surface area contributed by atoms with Gasteiger partial charge >= 0.3 is 0 Å². The molecule has 1 aromatic heterocycles. The van der Waals surface area contributed by atoms with Crippen molar-refractivity contribution in [3.05, 3.63) is 59.9 Å². The molecule has 1 aliphatic heterocycles. The van der Waals surface area contributed by atoms with Gasteiger partial charge in [0, 0.05) is 26.2 Å². The van der Waals surface area contributed by atoms with Crippen molar-refractivity contribution in [2.45, 2.75) is 37.6 Å². The lowest BCUT2D eigenvalue weighted by Crippen LogP contribution is -2.37. The van der Waals surface area contributed by atoms with Crippen molar-refractivity contribution in [3.8, 4) is 0 Å². The molecular formula is C22H26N4O3S. The summed E-state index contributed by atoms with van der Waals surface area (Å²) in [4.78, 5) is 17.5. The van der Waals surface area contributed by atoms with E-state index in [-0.39, 0.29) is 16.4 Å². The van der Waals surface area contributed by atoms with Gasteiger partial charge in [0.05, 0.1) is 21.5 Å². The van der Waals surface area contributed by atoms with Crippen LogP contribution >= 0.6 is 0 Å². The van der Waals surface area contributed by atoms with Crippen LogP contribution in [0.15, 0.2) is 53.4 Å². The van der Waals surface area contributed by atoms with Gasteiger partial charge in [-0.05, 0) is 44.0 Å². The minimum Gasteiger partial charge on any atom is -0.350 e. The largest absolute Gasteiger partial charge is 0.350 e. The SMILES string of the molecule is Cc1nc2ccccc2n1CCNC(=O)c1ccccc1S(=O)(=O)N1CCCCC1. The Bertz CT molecular complexity index is 1160. The highest BCUT2D eigenvalue weighted by Crippen LogP contribution is 2.23. The first-order chi connectivity index (χ1) is 14.5. The molecule has 1 N–H and O–H groups in total. The first-order valence-corrected chi connectivity index (χ1v) is 11.7. The van der Waals surface area contributed by atoms with Crippen LogP contribution in [0.3, 0.4) is 0 Å². The van der Waals surface area contributed by atoms with Gasteiger partial charge < -0.3 is 9.88 Å². The van der Waals surface area contributed by atoms with Crippen LogP contribution in [0.25, 0.3) is 11.0 Å². The van der Waals surface area contributed by atoms with Crippen LogP contribution in [0.1, 0.15) is 35.4 Å². The molecule has 158 valence electrons. The number of carbonyl (C=O) groups is 1. The summed E-state index contributed by atoms with van der Waals surface area (Å²) in [6, 6.07) is 14.3. The molecule has 2 heterocycles. The number of hydrogen-bond donors (Lipinski definition) is 1. The van der Waals surface area contributed by atoms with Crippen LogP contribution in [0.5, 0.6) is 0 Å². The number of nitrogens with one attached hydrogen (secondary N) is 1. The number of hydrogen-bond acceptors (Lipinski definition) is 4. The fraction of sp³-hybridized carbons (Fsp3) is 0.364. The number of benzene rings is 2. The Morgan fingerprint density at radius 1 is 1.03 bits per heavy atom. The fourth-order valence-electron chi connectivity index (χ4n) is 3.98. The van der Waals surface area contributed by atoms with E-state index in [1.165, 1.54) is 10.4 Å². The van der Waals surface area contributed by atoms with E-state index in [0.29, 0.717) is 26.2 Å². The third-order valence-corrected chi connectivity index (χ3v) is 7.49. The molecule has 1 aliphatic rings. The van der Waals surface area contributed by atoms with Crippen molar-refractivity contribution in [1.29, 1.82) is 0 Å². The summed E-state index contributed by atoms with van der Waals surface area (Å²) in [6.07, 6.45) is 2.74. The Kier molecular flexibility index (Phi) is 5.87. The lowest BCUT2D eigenvalue weighted by atomic mass is 10.2. The third kappa shape index (κ3) is 3.97. The minimum absolute atomic E-state index is 0.0775. The Hall–Kier alpha value is -2.71. The number of rotatable bonds is 6. The Morgan fingerprint density at radius 3 is 2.53 bits per heavy atom. The predicted octanol–water partition coefficient (Wildman–Crippen LogP) is 2.95. The van der Waals surface area contributed by atoms with E-state index in [4.69, 9.17) is 0 Å². The normalized spacial score (nSPS) is 15.4. The summed E-state index contributed by atoms with van der Waals surface area (Å²) in [5.41, 5.74) is 2.12. The molecule has 1 fully saturated rings. The zero-order chi connectivity index (χ0) is 21.1. The molecule has 3 aromatic rings. The van der Waals surface area contributed by atoms with Crippen LogP contribution in [0.2, 0.25) is 0 Å². The van der Waals surface area contributed by atoms with Gasteiger partial charge in [-0.25, -0.2) is 13.4 Å². The smallest absolute Gasteiger partial charge is 0.252 e. The second kappa shape index (κ2) is 8.57. The molecule has 0 bridgehead atoms. The summed E-state index contributed by atoms with van der Waals surface area (Å²) in [5.74, 6) is 0.492. The minimum atomic E-state index is -3.68. The van der Waals surface area contributed by atoms with Crippen molar-refractivity contribution in [1.82, 2.24) is 19.2 Å². The van der Waals surface area contributed by atoms with Gasteiger partial charge in [0.1, 0.15) is 5.82 Å². The highest BCUT2D eigenvalue weighted by molar-refractivity contribution is 7.89. The lowest BCUT2D eigenvalue weighted by molar-refractivity contribution is 0.0948. The van der Waals surface area contributed by atoms with E-state index in [1.807, 2.05) is 35.8 Å². The summed E-state index contributed by atoms with van der Waals surface area (Å²) in [6.45, 7) is 3.87. The molecule has 4 rings (SSSR count). The molecule has 0 atom stereocenters.